The van der Waals surface area contributed by atoms with Crippen molar-refractivity contribution in [3.05, 3.63) is 95.8 Å². The van der Waals surface area contributed by atoms with Crippen LogP contribution in [0.3, 0.4) is 0 Å². The zero-order chi connectivity index (χ0) is 24.2. The molecule has 1 N–H and O–H groups in total. The van der Waals surface area contributed by atoms with E-state index in [-0.39, 0.29) is 12.0 Å². The van der Waals surface area contributed by atoms with Crippen molar-refractivity contribution in [2.45, 2.75) is 26.5 Å². The van der Waals surface area contributed by atoms with Crippen molar-refractivity contribution in [1.29, 1.82) is 0 Å². The number of carbonyl (C=O) groups excluding carboxylic acids is 1. The number of benzene rings is 2. The zero-order valence-corrected chi connectivity index (χ0v) is 20.0. The molecule has 178 valence electrons. The number of nitrogens with zero attached hydrogens (tertiary/aromatic N) is 4. The Bertz CT molecular complexity index is 1280. The van der Waals surface area contributed by atoms with E-state index >= 15 is 0 Å². The number of morpholine rings is 1. The van der Waals surface area contributed by atoms with Gasteiger partial charge >= 0.3 is 0 Å². The van der Waals surface area contributed by atoms with E-state index in [1.165, 1.54) is 5.56 Å². The maximum atomic E-state index is 13.3. The molecule has 5 rings (SSSR count). The largest absolute Gasteiger partial charge is 0.375 e. The van der Waals surface area contributed by atoms with Crippen molar-refractivity contribution < 1.29 is 9.53 Å². The van der Waals surface area contributed by atoms with Crippen molar-refractivity contribution >= 4 is 11.7 Å². The minimum Gasteiger partial charge on any atom is -0.375 e. The number of rotatable bonds is 6. The van der Waals surface area contributed by atoms with E-state index in [4.69, 9.17) is 9.84 Å². The van der Waals surface area contributed by atoms with Gasteiger partial charge in [0.25, 0.3) is 5.91 Å². The van der Waals surface area contributed by atoms with E-state index in [9.17, 15) is 4.79 Å². The lowest BCUT2D eigenvalue weighted by Crippen LogP contribution is -2.41. The molecular weight excluding hydrogens is 438 g/mol. The Morgan fingerprint density at radius 3 is 2.60 bits per heavy atom. The number of carbonyl (C=O) groups is 1. The molecule has 0 spiro atoms. The monoisotopic (exact) mass is 467 g/mol. The molecule has 7 heteroatoms. The summed E-state index contributed by atoms with van der Waals surface area (Å²) in [5.41, 5.74) is 5.10. The van der Waals surface area contributed by atoms with Gasteiger partial charge < -0.3 is 15.0 Å². The third-order valence-electron chi connectivity index (χ3n) is 6.13. The van der Waals surface area contributed by atoms with Crippen LogP contribution in [0.2, 0.25) is 0 Å². The van der Waals surface area contributed by atoms with Crippen molar-refractivity contribution in [2.75, 3.05) is 24.6 Å². The summed E-state index contributed by atoms with van der Waals surface area (Å²) in [6.45, 7) is 6.87. The minimum atomic E-state index is -0.173. The molecule has 1 fully saturated rings. The number of aromatic nitrogens is 3. The van der Waals surface area contributed by atoms with Crippen LogP contribution in [0.15, 0.2) is 79.1 Å². The molecule has 2 aromatic heterocycles. The van der Waals surface area contributed by atoms with Gasteiger partial charge in [0.05, 0.1) is 24.0 Å². The molecule has 2 aromatic carbocycles. The summed E-state index contributed by atoms with van der Waals surface area (Å²) in [4.78, 5) is 20.1. The Balaban J connectivity index is 1.33. The highest BCUT2D eigenvalue weighted by atomic mass is 16.5. The molecule has 1 unspecified atom stereocenters. The predicted molar refractivity (Wildman–Crippen MR) is 137 cm³/mol. The SMILES string of the molecule is Cc1ccc(-n2cc(C(=O)NCc3ccc(N4CCOC(C)C4)nc3)c(-c3ccccc3)n2)cc1. The fourth-order valence-electron chi connectivity index (χ4n) is 4.19. The van der Waals surface area contributed by atoms with Gasteiger partial charge in [-0.2, -0.15) is 5.10 Å². The van der Waals surface area contributed by atoms with Crippen LogP contribution in [0.4, 0.5) is 5.82 Å². The fourth-order valence-corrected chi connectivity index (χ4v) is 4.19. The van der Waals surface area contributed by atoms with Crippen molar-refractivity contribution in [2.24, 2.45) is 0 Å². The first-order valence-corrected chi connectivity index (χ1v) is 11.9. The quantitative estimate of drug-likeness (QED) is 0.455. The molecule has 1 atom stereocenters. The lowest BCUT2D eigenvalue weighted by Gasteiger charge is -2.32. The van der Waals surface area contributed by atoms with E-state index < -0.39 is 0 Å². The van der Waals surface area contributed by atoms with Crippen LogP contribution in [0.5, 0.6) is 0 Å². The number of amides is 1. The molecule has 0 saturated carbocycles. The average Bonchev–Trinajstić information content (AvgIpc) is 3.34. The number of pyridine rings is 1. The van der Waals surface area contributed by atoms with E-state index in [1.807, 2.05) is 79.9 Å². The maximum Gasteiger partial charge on any atom is 0.255 e. The van der Waals surface area contributed by atoms with Gasteiger partial charge in [0.15, 0.2) is 0 Å². The van der Waals surface area contributed by atoms with Crippen LogP contribution in [0.1, 0.15) is 28.4 Å². The Labute approximate surface area is 205 Å². The van der Waals surface area contributed by atoms with Crippen LogP contribution in [-0.2, 0) is 11.3 Å². The van der Waals surface area contributed by atoms with Gasteiger partial charge in [0.1, 0.15) is 11.5 Å². The standard InChI is InChI=1S/C28H29N5O2/c1-20-8-11-24(12-9-20)33-19-25(27(31-33)23-6-4-3-5-7-23)28(34)30-17-22-10-13-26(29-16-22)32-14-15-35-21(2)18-32/h3-13,16,19,21H,14-15,17-18H2,1-2H3,(H,30,34). The third-order valence-corrected chi connectivity index (χ3v) is 6.13. The van der Waals surface area contributed by atoms with Gasteiger partial charge in [0.2, 0.25) is 0 Å². The molecule has 35 heavy (non-hydrogen) atoms. The van der Waals surface area contributed by atoms with E-state index in [0.29, 0.717) is 24.4 Å². The lowest BCUT2D eigenvalue weighted by atomic mass is 10.1. The number of aryl methyl sites for hydroxylation is 1. The molecule has 0 radical (unpaired) electrons. The first-order chi connectivity index (χ1) is 17.1. The van der Waals surface area contributed by atoms with Gasteiger partial charge in [-0.05, 0) is 37.6 Å². The van der Waals surface area contributed by atoms with Gasteiger partial charge in [-0.25, -0.2) is 9.67 Å². The van der Waals surface area contributed by atoms with Crippen LogP contribution in [-0.4, -0.2) is 46.5 Å². The van der Waals surface area contributed by atoms with E-state index in [1.54, 1.807) is 10.9 Å². The summed E-state index contributed by atoms with van der Waals surface area (Å²) in [5, 5.41) is 7.79. The van der Waals surface area contributed by atoms with E-state index in [2.05, 4.69) is 22.1 Å². The topological polar surface area (TPSA) is 72.3 Å². The molecule has 0 aliphatic carbocycles. The van der Waals surface area contributed by atoms with Crippen molar-refractivity contribution in [3.63, 3.8) is 0 Å². The molecule has 7 nitrogen and oxygen atoms in total. The first-order valence-electron chi connectivity index (χ1n) is 11.9. The van der Waals surface area contributed by atoms with Gasteiger partial charge in [0, 0.05) is 37.6 Å². The zero-order valence-electron chi connectivity index (χ0n) is 20.0. The Hall–Kier alpha value is -3.97. The molecule has 1 aliphatic rings. The van der Waals surface area contributed by atoms with Crippen LogP contribution < -0.4 is 10.2 Å². The Kier molecular flexibility index (Phi) is 6.59. The van der Waals surface area contributed by atoms with Crippen LogP contribution in [0, 0.1) is 6.92 Å². The summed E-state index contributed by atoms with van der Waals surface area (Å²) in [7, 11) is 0. The number of hydrogen-bond donors (Lipinski definition) is 1. The Morgan fingerprint density at radius 2 is 1.89 bits per heavy atom. The smallest absolute Gasteiger partial charge is 0.255 e. The molecule has 3 heterocycles. The summed E-state index contributed by atoms with van der Waals surface area (Å²) in [6.07, 6.45) is 3.82. The summed E-state index contributed by atoms with van der Waals surface area (Å²) >= 11 is 0. The Morgan fingerprint density at radius 1 is 1.09 bits per heavy atom. The van der Waals surface area contributed by atoms with Gasteiger partial charge in [-0.15, -0.1) is 0 Å². The third kappa shape index (κ3) is 5.25. The lowest BCUT2D eigenvalue weighted by molar-refractivity contribution is 0.0529. The van der Waals surface area contributed by atoms with Crippen molar-refractivity contribution in [1.82, 2.24) is 20.1 Å². The van der Waals surface area contributed by atoms with Crippen LogP contribution >= 0.6 is 0 Å². The highest BCUT2D eigenvalue weighted by Gasteiger charge is 2.20. The second-order valence-electron chi connectivity index (χ2n) is 8.87. The predicted octanol–water partition coefficient (Wildman–Crippen LogP) is 4.40. The molecule has 1 amide bonds. The van der Waals surface area contributed by atoms with Gasteiger partial charge in [-0.3, -0.25) is 4.79 Å². The molecule has 1 saturated heterocycles. The minimum absolute atomic E-state index is 0.173. The molecule has 1 aliphatic heterocycles. The number of nitrogens with one attached hydrogen (secondary N) is 1. The number of ether oxygens (including phenoxy) is 1. The second kappa shape index (κ2) is 10.1. The summed E-state index contributed by atoms with van der Waals surface area (Å²) in [6, 6.07) is 21.9. The summed E-state index contributed by atoms with van der Waals surface area (Å²) < 4.78 is 7.37. The van der Waals surface area contributed by atoms with Gasteiger partial charge in [-0.1, -0.05) is 54.1 Å². The highest BCUT2D eigenvalue weighted by molar-refractivity contribution is 5.99. The number of hydrogen-bond acceptors (Lipinski definition) is 5. The highest BCUT2D eigenvalue weighted by Crippen LogP contribution is 2.24. The van der Waals surface area contributed by atoms with E-state index in [0.717, 1.165) is 35.7 Å². The summed E-state index contributed by atoms with van der Waals surface area (Å²) in [5.74, 6) is 0.759. The van der Waals surface area contributed by atoms with Crippen molar-refractivity contribution in [3.8, 4) is 16.9 Å². The molecule has 4 aromatic rings. The maximum absolute atomic E-state index is 13.3. The number of anilines is 1. The second-order valence-corrected chi connectivity index (χ2v) is 8.87. The normalized spacial score (nSPS) is 15.7. The average molecular weight is 468 g/mol. The van der Waals surface area contributed by atoms with Crippen LogP contribution in [0.25, 0.3) is 16.9 Å². The fraction of sp³-hybridized carbons (Fsp3) is 0.250. The first kappa shape index (κ1) is 22.8. The molecule has 0 bridgehead atoms. The molecular formula is C28H29N5O2.